The molecule has 0 aliphatic carbocycles. The van der Waals surface area contributed by atoms with E-state index in [9.17, 15) is 5.11 Å². The highest BCUT2D eigenvalue weighted by Gasteiger charge is 2.18. The molecule has 1 fully saturated rings. The van der Waals surface area contributed by atoms with Crippen LogP contribution in [-0.2, 0) is 0 Å². The summed E-state index contributed by atoms with van der Waals surface area (Å²) in [6.45, 7) is 2.11. The van der Waals surface area contributed by atoms with E-state index in [1.165, 1.54) is 18.4 Å². The smallest absolute Gasteiger partial charge is 0.126 e. The Balaban J connectivity index is 2.25. The van der Waals surface area contributed by atoms with Crippen LogP contribution < -0.4 is 10.1 Å². The molecular weight excluding hydrogens is 190 g/mol. The average molecular weight is 207 g/mol. The van der Waals surface area contributed by atoms with Gasteiger partial charge >= 0.3 is 0 Å². The van der Waals surface area contributed by atoms with Crippen molar-refractivity contribution in [1.82, 2.24) is 5.32 Å². The van der Waals surface area contributed by atoms with Crippen molar-refractivity contribution in [1.29, 1.82) is 0 Å². The Morgan fingerprint density at radius 2 is 2.33 bits per heavy atom. The Labute approximate surface area is 90.1 Å². The monoisotopic (exact) mass is 207 g/mol. The van der Waals surface area contributed by atoms with E-state index < -0.39 is 0 Å². The van der Waals surface area contributed by atoms with Gasteiger partial charge in [-0.3, -0.25) is 0 Å². The second-order valence-corrected chi connectivity index (χ2v) is 3.97. The fourth-order valence-corrected chi connectivity index (χ4v) is 2.15. The third-order valence-corrected chi connectivity index (χ3v) is 2.95. The molecule has 0 spiro atoms. The molecule has 0 radical (unpaired) electrons. The fraction of sp³-hybridized carbons (Fsp3) is 0.500. The summed E-state index contributed by atoms with van der Waals surface area (Å²) in [5, 5.41) is 12.8. The van der Waals surface area contributed by atoms with Gasteiger partial charge < -0.3 is 15.2 Å². The summed E-state index contributed by atoms with van der Waals surface area (Å²) < 4.78 is 5.29. The van der Waals surface area contributed by atoms with Gasteiger partial charge in [-0.25, -0.2) is 0 Å². The van der Waals surface area contributed by atoms with Gasteiger partial charge in [-0.2, -0.15) is 0 Å². The van der Waals surface area contributed by atoms with Crippen LogP contribution in [0.4, 0.5) is 0 Å². The molecule has 1 aromatic carbocycles. The van der Waals surface area contributed by atoms with Crippen molar-refractivity contribution in [3.8, 4) is 11.5 Å². The number of rotatable bonds is 2. The van der Waals surface area contributed by atoms with E-state index in [1.54, 1.807) is 19.2 Å². The minimum absolute atomic E-state index is 0.263. The van der Waals surface area contributed by atoms with E-state index >= 15 is 0 Å². The lowest BCUT2D eigenvalue weighted by molar-refractivity contribution is 0.387. The average Bonchev–Trinajstić information content (AvgIpc) is 2.30. The first-order valence-corrected chi connectivity index (χ1v) is 5.39. The van der Waals surface area contributed by atoms with Gasteiger partial charge in [0, 0.05) is 18.5 Å². The predicted molar refractivity (Wildman–Crippen MR) is 59.5 cm³/mol. The van der Waals surface area contributed by atoms with Gasteiger partial charge in [0.25, 0.3) is 0 Å². The number of benzene rings is 1. The van der Waals surface area contributed by atoms with Crippen molar-refractivity contribution in [2.24, 2.45) is 0 Å². The van der Waals surface area contributed by atoms with Crippen molar-refractivity contribution >= 4 is 0 Å². The van der Waals surface area contributed by atoms with E-state index in [1.807, 2.05) is 6.07 Å². The summed E-state index contributed by atoms with van der Waals surface area (Å²) in [6, 6.07) is 5.38. The van der Waals surface area contributed by atoms with Crippen LogP contribution >= 0.6 is 0 Å². The lowest BCUT2D eigenvalue weighted by atomic mass is 9.91. The van der Waals surface area contributed by atoms with Gasteiger partial charge in [-0.05, 0) is 31.0 Å². The number of phenols is 1. The van der Waals surface area contributed by atoms with Gasteiger partial charge in [0.2, 0.25) is 0 Å². The van der Waals surface area contributed by atoms with Gasteiger partial charge in [-0.15, -0.1) is 0 Å². The summed E-state index contributed by atoms with van der Waals surface area (Å²) in [7, 11) is 1.65. The molecule has 3 heteroatoms. The maximum Gasteiger partial charge on any atom is 0.126 e. The Hall–Kier alpha value is -1.22. The lowest BCUT2D eigenvalue weighted by Crippen LogP contribution is -2.28. The summed E-state index contributed by atoms with van der Waals surface area (Å²) in [5.41, 5.74) is 1.20. The molecule has 0 bridgehead atoms. The highest BCUT2D eigenvalue weighted by molar-refractivity contribution is 5.42. The zero-order chi connectivity index (χ0) is 10.7. The molecule has 82 valence electrons. The van der Waals surface area contributed by atoms with Gasteiger partial charge in [0.15, 0.2) is 0 Å². The van der Waals surface area contributed by atoms with Crippen molar-refractivity contribution in [2.75, 3.05) is 20.2 Å². The standard InChI is InChI=1S/C12H17NO2/c1-15-12-7-10(14)4-5-11(12)9-3-2-6-13-8-9/h4-5,7,9,13-14H,2-3,6,8H2,1H3. The number of methoxy groups -OCH3 is 1. The Morgan fingerprint density at radius 3 is 3.00 bits per heavy atom. The molecule has 0 aromatic heterocycles. The largest absolute Gasteiger partial charge is 0.508 e. The number of hydrogen-bond donors (Lipinski definition) is 2. The molecule has 1 atom stereocenters. The van der Waals surface area contributed by atoms with Crippen LogP contribution in [0, 0.1) is 0 Å². The highest BCUT2D eigenvalue weighted by atomic mass is 16.5. The van der Waals surface area contributed by atoms with E-state index in [4.69, 9.17) is 4.74 Å². The molecule has 1 aromatic rings. The first-order chi connectivity index (χ1) is 7.31. The fourth-order valence-electron chi connectivity index (χ4n) is 2.15. The normalized spacial score (nSPS) is 21.3. The summed E-state index contributed by atoms with van der Waals surface area (Å²) in [4.78, 5) is 0. The Morgan fingerprint density at radius 1 is 1.47 bits per heavy atom. The van der Waals surface area contributed by atoms with Crippen LogP contribution in [0.3, 0.4) is 0 Å². The molecule has 15 heavy (non-hydrogen) atoms. The van der Waals surface area contributed by atoms with Gasteiger partial charge in [0.1, 0.15) is 11.5 Å². The summed E-state index contributed by atoms with van der Waals surface area (Å²) in [6.07, 6.45) is 2.39. The topological polar surface area (TPSA) is 41.5 Å². The lowest BCUT2D eigenvalue weighted by Gasteiger charge is -2.24. The predicted octanol–water partition coefficient (Wildman–Crippen LogP) is 1.87. The molecule has 1 unspecified atom stereocenters. The summed E-state index contributed by atoms with van der Waals surface area (Å²) >= 11 is 0. The first-order valence-electron chi connectivity index (χ1n) is 5.39. The minimum Gasteiger partial charge on any atom is -0.508 e. The number of hydrogen-bond acceptors (Lipinski definition) is 3. The molecule has 1 heterocycles. The molecule has 2 N–H and O–H groups in total. The maximum atomic E-state index is 9.37. The van der Waals surface area contributed by atoms with Crippen molar-refractivity contribution in [3.63, 3.8) is 0 Å². The second-order valence-electron chi connectivity index (χ2n) is 3.97. The number of nitrogens with one attached hydrogen (secondary N) is 1. The molecule has 1 saturated heterocycles. The number of ether oxygens (including phenoxy) is 1. The number of aromatic hydroxyl groups is 1. The zero-order valence-corrected chi connectivity index (χ0v) is 8.99. The third kappa shape index (κ3) is 2.23. The molecule has 3 nitrogen and oxygen atoms in total. The quantitative estimate of drug-likeness (QED) is 0.778. The summed E-state index contributed by atoms with van der Waals surface area (Å²) in [5.74, 6) is 1.57. The van der Waals surface area contributed by atoms with Crippen LogP contribution in [-0.4, -0.2) is 25.3 Å². The van der Waals surface area contributed by atoms with E-state index in [2.05, 4.69) is 5.32 Å². The maximum absolute atomic E-state index is 9.37. The molecule has 1 aliphatic rings. The molecule has 1 aliphatic heterocycles. The van der Waals surface area contributed by atoms with Crippen LogP contribution in [0.25, 0.3) is 0 Å². The van der Waals surface area contributed by atoms with Crippen LogP contribution in [0.1, 0.15) is 24.3 Å². The minimum atomic E-state index is 0.263. The van der Waals surface area contributed by atoms with Crippen LogP contribution in [0.15, 0.2) is 18.2 Å². The number of phenolic OH excluding ortho intramolecular Hbond substituents is 1. The van der Waals surface area contributed by atoms with Crippen molar-refractivity contribution < 1.29 is 9.84 Å². The van der Waals surface area contributed by atoms with Crippen molar-refractivity contribution in [2.45, 2.75) is 18.8 Å². The Kier molecular flexibility index (Phi) is 3.11. The SMILES string of the molecule is COc1cc(O)ccc1C1CCCNC1. The highest BCUT2D eigenvalue weighted by Crippen LogP contribution is 2.33. The molecular formula is C12H17NO2. The van der Waals surface area contributed by atoms with Crippen molar-refractivity contribution in [3.05, 3.63) is 23.8 Å². The van der Waals surface area contributed by atoms with E-state index in [-0.39, 0.29) is 5.75 Å². The van der Waals surface area contributed by atoms with E-state index in [0.717, 1.165) is 18.8 Å². The van der Waals surface area contributed by atoms with Gasteiger partial charge in [0.05, 0.1) is 7.11 Å². The first kappa shape index (κ1) is 10.3. The zero-order valence-electron chi connectivity index (χ0n) is 8.99. The molecule has 2 rings (SSSR count). The van der Waals surface area contributed by atoms with Crippen LogP contribution in [0.5, 0.6) is 11.5 Å². The van der Waals surface area contributed by atoms with Gasteiger partial charge in [-0.1, -0.05) is 6.07 Å². The number of piperidine rings is 1. The molecule has 0 saturated carbocycles. The van der Waals surface area contributed by atoms with E-state index in [0.29, 0.717) is 5.92 Å². The van der Waals surface area contributed by atoms with Crippen LogP contribution in [0.2, 0.25) is 0 Å². The second kappa shape index (κ2) is 4.53. The molecule has 0 amide bonds. The Bertz CT molecular complexity index is 332. The third-order valence-electron chi connectivity index (χ3n) is 2.95.